The summed E-state index contributed by atoms with van der Waals surface area (Å²) in [6.45, 7) is 6.03. The Balaban J connectivity index is 0.00000196. The molecule has 0 radical (unpaired) electrons. The standard InChI is InChI=1S/C20H27N3O2S.2ClH/c1-14-3-5-18(6-4-14)25-12-19-22-16(13-26-19)10-20(24)23-8-7-15(2)9-17(23)11-21;;/h3-6,13,15,17H,7-12,21H2,1-2H3;2*1H. The van der Waals surface area contributed by atoms with Gasteiger partial charge in [-0.15, -0.1) is 36.2 Å². The molecular formula is C20H29Cl2N3O2S. The summed E-state index contributed by atoms with van der Waals surface area (Å²) in [5.74, 6) is 1.60. The highest BCUT2D eigenvalue weighted by molar-refractivity contribution is 7.09. The van der Waals surface area contributed by atoms with Crippen molar-refractivity contribution in [1.82, 2.24) is 9.88 Å². The maximum atomic E-state index is 12.7. The third-order valence-corrected chi connectivity index (χ3v) is 5.76. The number of aryl methyl sites for hydroxylation is 1. The van der Waals surface area contributed by atoms with Crippen LogP contribution in [0.5, 0.6) is 5.75 Å². The van der Waals surface area contributed by atoms with E-state index >= 15 is 0 Å². The molecule has 1 aromatic heterocycles. The second-order valence-electron chi connectivity index (χ2n) is 7.12. The molecular weight excluding hydrogens is 417 g/mol. The average molecular weight is 446 g/mol. The number of likely N-dealkylation sites (tertiary alicyclic amines) is 1. The van der Waals surface area contributed by atoms with Crippen molar-refractivity contribution in [3.63, 3.8) is 0 Å². The van der Waals surface area contributed by atoms with Gasteiger partial charge in [-0.1, -0.05) is 24.6 Å². The van der Waals surface area contributed by atoms with Gasteiger partial charge in [0.15, 0.2) is 0 Å². The number of aromatic nitrogens is 1. The van der Waals surface area contributed by atoms with Crippen LogP contribution in [0.25, 0.3) is 0 Å². The van der Waals surface area contributed by atoms with Crippen molar-refractivity contribution in [3.8, 4) is 5.75 Å². The summed E-state index contributed by atoms with van der Waals surface area (Å²) in [7, 11) is 0. The van der Waals surface area contributed by atoms with Gasteiger partial charge in [0.2, 0.25) is 5.91 Å². The first-order valence-electron chi connectivity index (χ1n) is 9.17. The molecule has 0 bridgehead atoms. The van der Waals surface area contributed by atoms with Gasteiger partial charge in [0.1, 0.15) is 17.4 Å². The molecule has 1 amide bonds. The molecule has 0 spiro atoms. The Bertz CT molecular complexity index is 739. The van der Waals surface area contributed by atoms with E-state index in [1.807, 2.05) is 41.5 Å². The number of hydrogen-bond acceptors (Lipinski definition) is 5. The third kappa shape index (κ3) is 6.62. The molecule has 3 rings (SSSR count). The molecule has 1 fully saturated rings. The van der Waals surface area contributed by atoms with Crippen molar-refractivity contribution in [2.75, 3.05) is 13.1 Å². The van der Waals surface area contributed by atoms with Gasteiger partial charge in [-0.05, 0) is 37.8 Å². The lowest BCUT2D eigenvalue weighted by atomic mass is 9.92. The van der Waals surface area contributed by atoms with Crippen LogP contribution in [0.2, 0.25) is 0 Å². The van der Waals surface area contributed by atoms with E-state index in [1.54, 1.807) is 0 Å². The Morgan fingerprint density at radius 2 is 2.04 bits per heavy atom. The highest BCUT2D eigenvalue weighted by atomic mass is 35.5. The molecule has 2 unspecified atom stereocenters. The topological polar surface area (TPSA) is 68.5 Å². The number of piperidine rings is 1. The molecule has 1 aliphatic rings. The maximum absolute atomic E-state index is 12.7. The molecule has 8 heteroatoms. The van der Waals surface area contributed by atoms with Crippen LogP contribution in [0.4, 0.5) is 0 Å². The summed E-state index contributed by atoms with van der Waals surface area (Å²) in [6.07, 6.45) is 2.38. The van der Waals surface area contributed by atoms with Crippen LogP contribution < -0.4 is 10.5 Å². The Morgan fingerprint density at radius 3 is 2.71 bits per heavy atom. The Hall–Kier alpha value is -1.34. The van der Waals surface area contributed by atoms with Crippen LogP contribution in [0.3, 0.4) is 0 Å². The van der Waals surface area contributed by atoms with Crippen LogP contribution in [0.1, 0.15) is 36.0 Å². The van der Waals surface area contributed by atoms with Crippen LogP contribution in [-0.4, -0.2) is 34.9 Å². The van der Waals surface area contributed by atoms with E-state index in [1.165, 1.54) is 16.9 Å². The predicted molar refractivity (Wildman–Crippen MR) is 119 cm³/mol. The van der Waals surface area contributed by atoms with Gasteiger partial charge >= 0.3 is 0 Å². The number of benzene rings is 1. The first kappa shape index (κ1) is 24.7. The number of ether oxygens (including phenoxy) is 1. The minimum Gasteiger partial charge on any atom is -0.486 e. The van der Waals surface area contributed by atoms with E-state index in [0.29, 0.717) is 25.5 Å². The molecule has 156 valence electrons. The number of carbonyl (C=O) groups is 1. The maximum Gasteiger partial charge on any atom is 0.228 e. The van der Waals surface area contributed by atoms with Crippen molar-refractivity contribution in [2.24, 2.45) is 11.7 Å². The molecule has 1 aromatic carbocycles. The van der Waals surface area contributed by atoms with Gasteiger partial charge in [0.25, 0.3) is 0 Å². The minimum absolute atomic E-state index is 0. The number of nitrogens with zero attached hydrogens (tertiary/aromatic N) is 2. The zero-order chi connectivity index (χ0) is 18.5. The molecule has 2 atom stereocenters. The summed E-state index contributed by atoms with van der Waals surface area (Å²) in [6, 6.07) is 8.12. The lowest BCUT2D eigenvalue weighted by Gasteiger charge is -2.38. The normalized spacial score (nSPS) is 18.8. The van der Waals surface area contributed by atoms with Crippen molar-refractivity contribution < 1.29 is 9.53 Å². The first-order chi connectivity index (χ1) is 12.5. The van der Waals surface area contributed by atoms with Crippen molar-refractivity contribution in [3.05, 3.63) is 45.9 Å². The molecule has 1 saturated heterocycles. The minimum atomic E-state index is 0. The van der Waals surface area contributed by atoms with E-state index in [4.69, 9.17) is 10.5 Å². The number of hydrogen-bond donors (Lipinski definition) is 1. The second kappa shape index (κ2) is 11.6. The van der Waals surface area contributed by atoms with Gasteiger partial charge in [-0.3, -0.25) is 4.79 Å². The van der Waals surface area contributed by atoms with Crippen molar-refractivity contribution in [1.29, 1.82) is 0 Å². The molecule has 0 saturated carbocycles. The number of thiazole rings is 1. The van der Waals surface area contributed by atoms with Gasteiger partial charge in [0, 0.05) is 24.5 Å². The fourth-order valence-corrected chi connectivity index (χ4v) is 4.04. The molecule has 28 heavy (non-hydrogen) atoms. The van der Waals surface area contributed by atoms with Crippen molar-refractivity contribution in [2.45, 2.75) is 45.8 Å². The third-order valence-electron chi connectivity index (χ3n) is 4.89. The zero-order valence-corrected chi connectivity index (χ0v) is 18.7. The Kier molecular flexibility index (Phi) is 10.2. The van der Waals surface area contributed by atoms with Crippen LogP contribution in [-0.2, 0) is 17.8 Å². The smallest absolute Gasteiger partial charge is 0.228 e. The lowest BCUT2D eigenvalue weighted by Crippen LogP contribution is -2.49. The second-order valence-corrected chi connectivity index (χ2v) is 8.06. The number of rotatable bonds is 6. The highest BCUT2D eigenvalue weighted by Crippen LogP contribution is 2.23. The number of halogens is 2. The van der Waals surface area contributed by atoms with Gasteiger partial charge in [0.05, 0.1) is 12.1 Å². The van der Waals surface area contributed by atoms with E-state index < -0.39 is 0 Å². The van der Waals surface area contributed by atoms with Gasteiger partial charge in [-0.2, -0.15) is 0 Å². The quantitative estimate of drug-likeness (QED) is 0.728. The molecule has 2 aromatic rings. The lowest BCUT2D eigenvalue weighted by molar-refractivity contribution is -0.134. The van der Waals surface area contributed by atoms with E-state index in [9.17, 15) is 4.79 Å². The van der Waals surface area contributed by atoms with E-state index in [2.05, 4.69) is 11.9 Å². The van der Waals surface area contributed by atoms with Gasteiger partial charge < -0.3 is 15.4 Å². The Morgan fingerprint density at radius 1 is 1.32 bits per heavy atom. The molecule has 5 nitrogen and oxygen atoms in total. The Labute approximate surface area is 183 Å². The van der Waals surface area contributed by atoms with E-state index in [-0.39, 0.29) is 36.8 Å². The first-order valence-corrected chi connectivity index (χ1v) is 10.1. The number of nitrogens with two attached hydrogens (primary N) is 1. The summed E-state index contributed by atoms with van der Waals surface area (Å²) < 4.78 is 5.76. The molecule has 0 aliphatic carbocycles. The summed E-state index contributed by atoms with van der Waals surface area (Å²) in [4.78, 5) is 19.2. The van der Waals surface area contributed by atoms with Crippen LogP contribution in [0, 0.1) is 12.8 Å². The fourth-order valence-electron chi connectivity index (χ4n) is 3.34. The molecule has 2 heterocycles. The fraction of sp³-hybridized carbons (Fsp3) is 0.500. The van der Waals surface area contributed by atoms with Gasteiger partial charge in [-0.25, -0.2) is 4.98 Å². The van der Waals surface area contributed by atoms with E-state index in [0.717, 1.165) is 35.8 Å². The highest BCUT2D eigenvalue weighted by Gasteiger charge is 2.29. The molecule has 1 aliphatic heterocycles. The average Bonchev–Trinajstić information content (AvgIpc) is 3.08. The SMILES string of the molecule is Cc1ccc(OCc2nc(CC(=O)N3CCC(C)CC3CN)cs2)cc1.Cl.Cl. The van der Waals surface area contributed by atoms with Crippen LogP contribution >= 0.6 is 36.2 Å². The van der Waals surface area contributed by atoms with Crippen molar-refractivity contribution >= 4 is 42.1 Å². The number of carbonyl (C=O) groups excluding carboxylic acids is 1. The largest absolute Gasteiger partial charge is 0.486 e. The zero-order valence-electron chi connectivity index (χ0n) is 16.3. The summed E-state index contributed by atoms with van der Waals surface area (Å²) in [5, 5.41) is 2.84. The monoisotopic (exact) mass is 445 g/mol. The summed E-state index contributed by atoms with van der Waals surface area (Å²) in [5.41, 5.74) is 7.89. The number of amides is 1. The predicted octanol–water partition coefficient (Wildman–Crippen LogP) is 4.00. The summed E-state index contributed by atoms with van der Waals surface area (Å²) >= 11 is 1.54. The van der Waals surface area contributed by atoms with Crippen LogP contribution in [0.15, 0.2) is 29.6 Å². The molecule has 2 N–H and O–H groups in total.